The second kappa shape index (κ2) is 9.54. The molecular weight excluding hydrogens is 325 g/mol. The van der Waals surface area contributed by atoms with Crippen LogP contribution in [0.1, 0.15) is 28.8 Å². The Morgan fingerprint density at radius 3 is 2.56 bits per heavy atom. The van der Waals surface area contributed by atoms with Gasteiger partial charge in [0, 0.05) is 13.0 Å². The van der Waals surface area contributed by atoms with Crippen LogP contribution in [0.4, 0.5) is 10.1 Å². The van der Waals surface area contributed by atoms with Crippen LogP contribution in [0.5, 0.6) is 0 Å². The van der Waals surface area contributed by atoms with E-state index in [1.807, 2.05) is 30.3 Å². The Kier molecular flexibility index (Phi) is 7.10. The van der Waals surface area contributed by atoms with Crippen LogP contribution in [0.15, 0.2) is 48.5 Å². The summed E-state index contributed by atoms with van der Waals surface area (Å²) in [6.07, 6.45) is 1.48. The maximum Gasteiger partial charge on any atom is 0.335 e. The maximum absolute atomic E-state index is 13.6. The Balaban J connectivity index is 1.67. The number of hydrogen-bond acceptors (Lipinski definition) is 3. The zero-order valence-electron chi connectivity index (χ0n) is 13.7. The van der Waals surface area contributed by atoms with Gasteiger partial charge in [0.2, 0.25) is 5.91 Å². The van der Waals surface area contributed by atoms with Crippen molar-refractivity contribution >= 4 is 17.6 Å². The van der Waals surface area contributed by atoms with Gasteiger partial charge in [-0.2, -0.15) is 0 Å². The fourth-order valence-corrected chi connectivity index (χ4v) is 2.24. The molecule has 0 unspecified atom stereocenters. The molecule has 5 nitrogen and oxygen atoms in total. The lowest BCUT2D eigenvalue weighted by atomic mass is 10.2. The van der Waals surface area contributed by atoms with Crippen LogP contribution in [-0.2, 0) is 16.0 Å². The van der Waals surface area contributed by atoms with Gasteiger partial charge in [-0.1, -0.05) is 30.3 Å². The number of amides is 1. The SMILES string of the molecule is O=C(CCCOCCc1ccccc1)Nc1cc(C(=O)O)ccc1F. The van der Waals surface area contributed by atoms with E-state index >= 15 is 0 Å². The van der Waals surface area contributed by atoms with Crippen LogP contribution < -0.4 is 5.32 Å². The van der Waals surface area contributed by atoms with Crippen LogP contribution in [0, 0.1) is 5.82 Å². The molecule has 0 aliphatic carbocycles. The molecule has 2 aromatic carbocycles. The summed E-state index contributed by atoms with van der Waals surface area (Å²) in [6, 6.07) is 13.2. The van der Waals surface area contributed by atoms with E-state index in [4.69, 9.17) is 9.84 Å². The van der Waals surface area contributed by atoms with Crippen molar-refractivity contribution in [2.24, 2.45) is 0 Å². The number of halogens is 1. The van der Waals surface area contributed by atoms with Crippen LogP contribution in [0.3, 0.4) is 0 Å². The number of nitrogens with one attached hydrogen (secondary N) is 1. The van der Waals surface area contributed by atoms with Crippen molar-refractivity contribution in [3.8, 4) is 0 Å². The second-order valence-electron chi connectivity index (χ2n) is 5.50. The first kappa shape index (κ1) is 18.6. The smallest absolute Gasteiger partial charge is 0.335 e. The number of carbonyl (C=O) groups is 2. The molecule has 0 aliphatic rings. The largest absolute Gasteiger partial charge is 0.478 e. The van der Waals surface area contributed by atoms with Crippen molar-refractivity contribution in [1.82, 2.24) is 0 Å². The Morgan fingerprint density at radius 1 is 1.08 bits per heavy atom. The summed E-state index contributed by atoms with van der Waals surface area (Å²) in [5.41, 5.74) is 0.977. The lowest BCUT2D eigenvalue weighted by molar-refractivity contribution is -0.116. The highest BCUT2D eigenvalue weighted by Crippen LogP contribution is 2.16. The standard InChI is InChI=1S/C19H20FNO4/c20-16-9-8-15(19(23)24)13-17(16)21-18(22)7-4-11-25-12-10-14-5-2-1-3-6-14/h1-3,5-6,8-9,13H,4,7,10-12H2,(H,21,22)(H,23,24). The third-order valence-corrected chi connectivity index (χ3v) is 3.56. The van der Waals surface area contributed by atoms with E-state index < -0.39 is 11.8 Å². The number of aromatic carboxylic acids is 1. The fraction of sp³-hybridized carbons (Fsp3) is 0.263. The van der Waals surface area contributed by atoms with Crippen molar-refractivity contribution in [3.63, 3.8) is 0 Å². The zero-order chi connectivity index (χ0) is 18.1. The Hall–Kier alpha value is -2.73. The first-order chi connectivity index (χ1) is 12.1. The van der Waals surface area contributed by atoms with Gasteiger partial charge in [0.25, 0.3) is 0 Å². The highest BCUT2D eigenvalue weighted by Gasteiger charge is 2.11. The molecular formula is C19H20FNO4. The molecule has 0 bridgehead atoms. The molecule has 0 spiro atoms. The molecule has 0 heterocycles. The van der Waals surface area contributed by atoms with Gasteiger partial charge in [-0.25, -0.2) is 9.18 Å². The van der Waals surface area contributed by atoms with Crippen LogP contribution in [0.25, 0.3) is 0 Å². The molecule has 0 aliphatic heterocycles. The summed E-state index contributed by atoms with van der Waals surface area (Å²) in [7, 11) is 0. The number of carboxylic acids is 1. The molecule has 0 radical (unpaired) electrons. The number of carbonyl (C=O) groups excluding carboxylic acids is 1. The molecule has 0 aromatic heterocycles. The number of ether oxygens (including phenoxy) is 1. The van der Waals surface area contributed by atoms with Gasteiger partial charge in [0.1, 0.15) is 5.82 Å². The first-order valence-electron chi connectivity index (χ1n) is 8.00. The normalized spacial score (nSPS) is 10.4. The molecule has 2 aromatic rings. The summed E-state index contributed by atoms with van der Waals surface area (Å²) in [5, 5.41) is 11.3. The first-order valence-corrected chi connectivity index (χ1v) is 8.00. The number of rotatable bonds is 9. The molecule has 6 heteroatoms. The van der Waals surface area contributed by atoms with E-state index in [2.05, 4.69) is 5.32 Å². The van der Waals surface area contributed by atoms with Gasteiger partial charge in [0.15, 0.2) is 0 Å². The average molecular weight is 345 g/mol. The molecule has 2 rings (SSSR count). The van der Waals surface area contributed by atoms with Crippen LogP contribution >= 0.6 is 0 Å². The van der Waals surface area contributed by atoms with E-state index in [0.29, 0.717) is 19.6 Å². The van der Waals surface area contributed by atoms with Crippen molar-refractivity contribution < 1.29 is 23.8 Å². The average Bonchev–Trinajstić information content (AvgIpc) is 2.60. The minimum absolute atomic E-state index is 0.0825. The summed E-state index contributed by atoms with van der Waals surface area (Å²) in [4.78, 5) is 22.7. The molecule has 0 fully saturated rings. The van der Waals surface area contributed by atoms with Crippen molar-refractivity contribution in [2.75, 3.05) is 18.5 Å². The highest BCUT2D eigenvalue weighted by atomic mass is 19.1. The monoisotopic (exact) mass is 345 g/mol. The van der Waals surface area contributed by atoms with Gasteiger partial charge < -0.3 is 15.2 Å². The molecule has 132 valence electrons. The molecule has 0 atom stereocenters. The maximum atomic E-state index is 13.6. The predicted octanol–water partition coefficient (Wildman–Crippen LogP) is 3.50. The molecule has 1 amide bonds. The zero-order valence-corrected chi connectivity index (χ0v) is 13.7. The van der Waals surface area contributed by atoms with Gasteiger partial charge in [-0.15, -0.1) is 0 Å². The van der Waals surface area contributed by atoms with Crippen molar-refractivity contribution in [2.45, 2.75) is 19.3 Å². The van der Waals surface area contributed by atoms with Crippen LogP contribution in [0.2, 0.25) is 0 Å². The summed E-state index contributed by atoms with van der Waals surface area (Å²) in [5.74, 6) is -2.23. The Bertz CT molecular complexity index is 719. The fourth-order valence-electron chi connectivity index (χ4n) is 2.24. The van der Waals surface area contributed by atoms with E-state index in [0.717, 1.165) is 24.6 Å². The lowest BCUT2D eigenvalue weighted by Crippen LogP contribution is -2.14. The van der Waals surface area contributed by atoms with E-state index in [1.165, 1.54) is 5.56 Å². The molecule has 25 heavy (non-hydrogen) atoms. The van der Waals surface area contributed by atoms with E-state index in [-0.39, 0.29) is 23.6 Å². The minimum atomic E-state index is -1.18. The predicted molar refractivity (Wildman–Crippen MR) is 92.2 cm³/mol. The quantitative estimate of drug-likeness (QED) is 0.682. The second-order valence-corrected chi connectivity index (χ2v) is 5.50. The topological polar surface area (TPSA) is 75.6 Å². The molecule has 2 N–H and O–H groups in total. The van der Waals surface area contributed by atoms with E-state index in [9.17, 15) is 14.0 Å². The Morgan fingerprint density at radius 2 is 1.84 bits per heavy atom. The third kappa shape index (κ3) is 6.35. The van der Waals surface area contributed by atoms with Crippen molar-refractivity contribution in [3.05, 3.63) is 65.5 Å². The number of anilines is 1. The summed E-state index contributed by atoms with van der Waals surface area (Å²) < 4.78 is 19.1. The Labute approximate surface area is 145 Å². The number of benzene rings is 2. The third-order valence-electron chi connectivity index (χ3n) is 3.56. The number of hydrogen-bond donors (Lipinski definition) is 2. The van der Waals surface area contributed by atoms with Crippen molar-refractivity contribution in [1.29, 1.82) is 0 Å². The minimum Gasteiger partial charge on any atom is -0.478 e. The highest BCUT2D eigenvalue weighted by molar-refractivity contribution is 5.94. The van der Waals surface area contributed by atoms with E-state index in [1.54, 1.807) is 0 Å². The molecule has 0 saturated heterocycles. The van der Waals surface area contributed by atoms with Gasteiger partial charge in [0.05, 0.1) is 17.9 Å². The summed E-state index contributed by atoms with van der Waals surface area (Å²) >= 11 is 0. The van der Waals surface area contributed by atoms with Gasteiger partial charge in [-0.3, -0.25) is 4.79 Å². The van der Waals surface area contributed by atoms with Crippen LogP contribution in [-0.4, -0.2) is 30.2 Å². The lowest BCUT2D eigenvalue weighted by Gasteiger charge is -2.08. The molecule has 0 saturated carbocycles. The summed E-state index contributed by atoms with van der Waals surface area (Å²) in [6.45, 7) is 0.999. The number of carboxylic acid groups (broad SMARTS) is 1. The van der Waals surface area contributed by atoms with Gasteiger partial charge >= 0.3 is 5.97 Å². The van der Waals surface area contributed by atoms with Gasteiger partial charge in [-0.05, 0) is 36.6 Å².